The highest BCUT2D eigenvalue weighted by atomic mass is 16.1. The molecule has 1 amide bonds. The molecule has 0 bridgehead atoms. The summed E-state index contributed by atoms with van der Waals surface area (Å²) in [6.07, 6.45) is 0.421. The highest BCUT2D eigenvalue weighted by Crippen LogP contribution is 2.23. The van der Waals surface area contributed by atoms with Crippen molar-refractivity contribution in [3.05, 3.63) is 70.8 Å². The minimum absolute atomic E-state index is 0.0157. The Morgan fingerprint density at radius 2 is 1.57 bits per heavy atom. The van der Waals surface area contributed by atoms with Crippen molar-refractivity contribution in [1.82, 2.24) is 5.32 Å². The molecule has 0 saturated carbocycles. The molecule has 2 nitrogen and oxygen atoms in total. The smallest absolute Gasteiger partial charge is 0.224 e. The number of carbonyl (C=O) groups excluding carboxylic acids is 1. The normalized spacial score (nSPS) is 12.7. The molecule has 1 N–H and O–H groups in total. The Morgan fingerprint density at radius 3 is 2.09 bits per heavy atom. The number of hydrogen-bond acceptors (Lipinski definition) is 1. The molecule has 0 spiro atoms. The fourth-order valence-corrected chi connectivity index (χ4v) is 2.54. The summed E-state index contributed by atoms with van der Waals surface area (Å²) in [5, 5.41) is 3.08. The van der Waals surface area contributed by atoms with Gasteiger partial charge in [0.2, 0.25) is 5.91 Å². The van der Waals surface area contributed by atoms with Gasteiger partial charge in [-0.05, 0) is 36.0 Å². The van der Waals surface area contributed by atoms with Crippen LogP contribution >= 0.6 is 0 Å². The summed E-state index contributed by atoms with van der Waals surface area (Å²) in [5.74, 6) is 0.0567. The molecule has 2 heteroatoms. The zero-order valence-corrected chi connectivity index (χ0v) is 14.8. The molecular formula is C21H27NO. The van der Waals surface area contributed by atoms with Crippen molar-refractivity contribution in [1.29, 1.82) is 0 Å². The number of amides is 1. The molecule has 0 aliphatic heterocycles. The maximum absolute atomic E-state index is 12.2. The van der Waals surface area contributed by atoms with E-state index in [0.29, 0.717) is 6.42 Å². The van der Waals surface area contributed by atoms with Gasteiger partial charge >= 0.3 is 0 Å². The number of aryl methyl sites for hydroxylation is 1. The molecule has 23 heavy (non-hydrogen) atoms. The number of carbonyl (C=O) groups is 1. The third-order valence-corrected chi connectivity index (χ3v) is 4.14. The predicted octanol–water partition coefficient (Wildman–Crippen LogP) is 4.71. The van der Waals surface area contributed by atoms with Crippen LogP contribution in [0.2, 0.25) is 0 Å². The van der Waals surface area contributed by atoms with Crippen LogP contribution in [0.25, 0.3) is 0 Å². The lowest BCUT2D eigenvalue weighted by Crippen LogP contribution is -2.28. The maximum atomic E-state index is 12.2. The zero-order chi connectivity index (χ0) is 17.0. The van der Waals surface area contributed by atoms with Crippen LogP contribution in [0.4, 0.5) is 0 Å². The van der Waals surface area contributed by atoms with Crippen molar-refractivity contribution in [2.45, 2.75) is 52.5 Å². The van der Waals surface area contributed by atoms with Gasteiger partial charge in [-0.1, -0.05) is 74.9 Å². The van der Waals surface area contributed by atoms with Gasteiger partial charge in [0.15, 0.2) is 0 Å². The van der Waals surface area contributed by atoms with Crippen LogP contribution in [0.1, 0.15) is 56.0 Å². The summed E-state index contributed by atoms with van der Waals surface area (Å²) >= 11 is 0. The molecule has 0 heterocycles. The van der Waals surface area contributed by atoms with Crippen LogP contribution < -0.4 is 5.32 Å². The second-order valence-corrected chi connectivity index (χ2v) is 7.32. The summed E-state index contributed by atoms with van der Waals surface area (Å²) in [7, 11) is 0. The molecule has 0 aromatic heterocycles. The maximum Gasteiger partial charge on any atom is 0.224 e. The number of benzene rings is 2. The minimum Gasteiger partial charge on any atom is -0.349 e. The Labute approximate surface area is 139 Å². The molecule has 122 valence electrons. The van der Waals surface area contributed by atoms with Crippen LogP contribution in [-0.2, 0) is 16.6 Å². The molecule has 0 aliphatic carbocycles. The van der Waals surface area contributed by atoms with Crippen LogP contribution in [0.5, 0.6) is 0 Å². The van der Waals surface area contributed by atoms with E-state index in [4.69, 9.17) is 0 Å². The van der Waals surface area contributed by atoms with E-state index in [1.807, 2.05) is 38.1 Å². The molecule has 2 rings (SSSR count). The Hall–Kier alpha value is -2.09. The van der Waals surface area contributed by atoms with Crippen LogP contribution in [0.15, 0.2) is 48.5 Å². The van der Waals surface area contributed by atoms with Gasteiger partial charge in [-0.15, -0.1) is 0 Å². The molecule has 0 radical (unpaired) electrons. The highest BCUT2D eigenvalue weighted by molar-refractivity contribution is 5.79. The van der Waals surface area contributed by atoms with Crippen molar-refractivity contribution in [3.63, 3.8) is 0 Å². The zero-order valence-electron chi connectivity index (χ0n) is 14.8. The van der Waals surface area contributed by atoms with Crippen molar-refractivity contribution in [2.75, 3.05) is 0 Å². The first-order valence-corrected chi connectivity index (χ1v) is 8.21. The van der Waals surface area contributed by atoms with Crippen molar-refractivity contribution in [2.24, 2.45) is 0 Å². The van der Waals surface area contributed by atoms with E-state index in [1.54, 1.807) is 0 Å². The molecule has 0 aliphatic rings. The molecular weight excluding hydrogens is 282 g/mol. The van der Waals surface area contributed by atoms with Gasteiger partial charge in [0.1, 0.15) is 0 Å². The molecule has 0 fully saturated rings. The third-order valence-electron chi connectivity index (χ3n) is 4.14. The summed E-state index contributed by atoms with van der Waals surface area (Å²) < 4.78 is 0. The fraction of sp³-hybridized carbons (Fsp3) is 0.381. The lowest BCUT2D eigenvalue weighted by molar-refractivity contribution is -0.121. The van der Waals surface area contributed by atoms with Crippen LogP contribution in [-0.4, -0.2) is 5.91 Å². The Morgan fingerprint density at radius 1 is 1.00 bits per heavy atom. The first-order valence-electron chi connectivity index (χ1n) is 8.21. The molecule has 0 saturated heterocycles. The first-order chi connectivity index (χ1) is 10.8. The highest BCUT2D eigenvalue weighted by Gasteiger charge is 2.15. The lowest BCUT2D eigenvalue weighted by atomic mass is 9.86. The molecule has 1 atom stereocenters. The van der Waals surface area contributed by atoms with E-state index in [1.165, 1.54) is 11.1 Å². The van der Waals surface area contributed by atoms with Gasteiger partial charge in [-0.25, -0.2) is 0 Å². The third kappa shape index (κ3) is 4.95. The number of nitrogens with one attached hydrogen (secondary N) is 1. The van der Waals surface area contributed by atoms with E-state index in [9.17, 15) is 4.79 Å². The van der Waals surface area contributed by atoms with E-state index < -0.39 is 0 Å². The first kappa shape index (κ1) is 17.3. The summed E-state index contributed by atoms with van der Waals surface area (Å²) in [5.41, 5.74) is 4.84. The van der Waals surface area contributed by atoms with Gasteiger partial charge in [-0.3, -0.25) is 4.79 Å². The molecule has 2 aromatic rings. The van der Waals surface area contributed by atoms with Gasteiger partial charge in [-0.2, -0.15) is 0 Å². The van der Waals surface area contributed by atoms with E-state index in [0.717, 1.165) is 11.1 Å². The predicted molar refractivity (Wildman–Crippen MR) is 96.6 cm³/mol. The minimum atomic E-state index is 0.0157. The van der Waals surface area contributed by atoms with Gasteiger partial charge < -0.3 is 5.32 Å². The van der Waals surface area contributed by atoms with Gasteiger partial charge in [0.05, 0.1) is 12.5 Å². The SMILES string of the molecule is Cc1ccc(CC(=O)N[C@@H](C)c2ccc(C(C)(C)C)cc2)cc1. The quantitative estimate of drug-likeness (QED) is 0.870. The van der Waals surface area contributed by atoms with E-state index >= 15 is 0 Å². The van der Waals surface area contributed by atoms with E-state index in [-0.39, 0.29) is 17.4 Å². The second kappa shape index (κ2) is 6.99. The Bertz CT molecular complexity index is 648. The number of hydrogen-bond donors (Lipinski definition) is 1. The Kier molecular flexibility index (Phi) is 5.25. The summed E-state index contributed by atoms with van der Waals surface area (Å²) in [6.45, 7) is 10.7. The van der Waals surface area contributed by atoms with E-state index in [2.05, 4.69) is 50.4 Å². The van der Waals surface area contributed by atoms with Crippen molar-refractivity contribution >= 4 is 5.91 Å². The average Bonchev–Trinajstić information content (AvgIpc) is 2.49. The van der Waals surface area contributed by atoms with Gasteiger partial charge in [0, 0.05) is 0 Å². The second-order valence-electron chi connectivity index (χ2n) is 7.32. The van der Waals surface area contributed by atoms with Crippen LogP contribution in [0.3, 0.4) is 0 Å². The average molecular weight is 309 g/mol. The monoisotopic (exact) mass is 309 g/mol. The largest absolute Gasteiger partial charge is 0.349 e. The topological polar surface area (TPSA) is 29.1 Å². The van der Waals surface area contributed by atoms with Crippen molar-refractivity contribution in [3.8, 4) is 0 Å². The van der Waals surface area contributed by atoms with Crippen molar-refractivity contribution < 1.29 is 4.79 Å². The van der Waals surface area contributed by atoms with Gasteiger partial charge in [0.25, 0.3) is 0 Å². The lowest BCUT2D eigenvalue weighted by Gasteiger charge is -2.20. The summed E-state index contributed by atoms with van der Waals surface area (Å²) in [4.78, 5) is 12.2. The molecule has 2 aromatic carbocycles. The Balaban J connectivity index is 1.96. The fourth-order valence-electron chi connectivity index (χ4n) is 2.54. The van der Waals surface area contributed by atoms with Crippen LogP contribution in [0, 0.1) is 6.92 Å². The molecule has 0 unspecified atom stereocenters. The summed E-state index contributed by atoms with van der Waals surface area (Å²) in [6, 6.07) is 16.6. The standard InChI is InChI=1S/C21H27NO/c1-15-6-8-17(9-7-15)14-20(23)22-16(2)18-10-12-19(13-11-18)21(3,4)5/h6-13,16H,14H2,1-5H3,(H,22,23)/t16-/m0/s1. The number of rotatable bonds is 4.